The second-order valence-corrected chi connectivity index (χ2v) is 10.5. The van der Waals surface area contributed by atoms with Crippen molar-refractivity contribution in [3.05, 3.63) is 92.8 Å². The van der Waals surface area contributed by atoms with Gasteiger partial charge in [-0.1, -0.05) is 22.7 Å². The number of rotatable bonds is 2. The van der Waals surface area contributed by atoms with Crippen molar-refractivity contribution in [3.63, 3.8) is 0 Å². The molecule has 10 nitrogen and oxygen atoms in total. The lowest BCUT2D eigenvalue weighted by Gasteiger charge is -2.11. The molecule has 6 rings (SSSR count). The van der Waals surface area contributed by atoms with Crippen molar-refractivity contribution in [3.8, 4) is 22.9 Å². The van der Waals surface area contributed by atoms with E-state index in [1.807, 2.05) is 36.4 Å². The van der Waals surface area contributed by atoms with Gasteiger partial charge < -0.3 is 30.8 Å². The third-order valence-electron chi connectivity index (χ3n) is 5.96. The van der Waals surface area contributed by atoms with Gasteiger partial charge in [0.25, 0.3) is 0 Å². The van der Waals surface area contributed by atoms with Crippen LogP contribution in [0.2, 0.25) is 0 Å². The number of aromatic hydroxyl groups is 2. The molecule has 0 saturated carbocycles. The van der Waals surface area contributed by atoms with Gasteiger partial charge in [0.2, 0.25) is 10.9 Å². The molecule has 0 aliphatic heterocycles. The van der Waals surface area contributed by atoms with Gasteiger partial charge in [0.05, 0.1) is 31.8 Å². The topological polar surface area (TPSA) is 162 Å². The maximum atomic E-state index is 11.4. The van der Waals surface area contributed by atoms with Crippen molar-refractivity contribution < 1.29 is 10.2 Å². The Balaban J connectivity index is 0.000000155. The van der Waals surface area contributed by atoms with Crippen molar-refractivity contribution in [2.45, 2.75) is 13.8 Å². The SMILES string of the molecule is Cc1c(O)c(=O)ccn1-c1ccc2nc(N)sc2c1.Cc1c(O)c(=O)ccn1-c1ccc2nc(N)sc2c1. The number of benzene rings is 2. The quantitative estimate of drug-likeness (QED) is 0.252. The van der Waals surface area contributed by atoms with E-state index < -0.39 is 0 Å². The summed E-state index contributed by atoms with van der Waals surface area (Å²) in [6.45, 7) is 3.39. The largest absolute Gasteiger partial charge is 0.503 e. The lowest BCUT2D eigenvalue weighted by molar-refractivity contribution is 0.459. The molecule has 38 heavy (non-hydrogen) atoms. The first-order chi connectivity index (χ1) is 18.1. The minimum atomic E-state index is -0.378. The molecule has 12 heteroatoms. The fourth-order valence-corrected chi connectivity index (χ4v) is 5.51. The first-order valence-corrected chi connectivity index (χ1v) is 12.9. The van der Waals surface area contributed by atoms with E-state index in [4.69, 9.17) is 11.5 Å². The Morgan fingerprint density at radius 2 is 1.08 bits per heavy atom. The maximum absolute atomic E-state index is 11.4. The Kier molecular flexibility index (Phi) is 6.35. The molecule has 0 atom stereocenters. The van der Waals surface area contributed by atoms with Gasteiger partial charge in [-0.3, -0.25) is 9.59 Å². The van der Waals surface area contributed by atoms with Gasteiger partial charge in [0.1, 0.15) is 0 Å². The lowest BCUT2D eigenvalue weighted by atomic mass is 10.2. The number of nitrogens with zero attached hydrogens (tertiary/aromatic N) is 4. The molecular formula is C26H22N6O4S2. The summed E-state index contributed by atoms with van der Waals surface area (Å²) in [5, 5.41) is 20.4. The molecule has 0 saturated heterocycles. The van der Waals surface area contributed by atoms with E-state index in [9.17, 15) is 19.8 Å². The Bertz CT molecular complexity index is 1810. The van der Waals surface area contributed by atoms with Crippen LogP contribution in [0.5, 0.6) is 11.5 Å². The molecule has 2 aromatic carbocycles. The number of thiazole rings is 2. The molecule has 0 aliphatic rings. The Labute approximate surface area is 223 Å². The predicted molar refractivity (Wildman–Crippen MR) is 152 cm³/mol. The highest BCUT2D eigenvalue weighted by Crippen LogP contribution is 2.28. The van der Waals surface area contributed by atoms with Crippen LogP contribution in [0.25, 0.3) is 31.8 Å². The van der Waals surface area contributed by atoms with Crippen LogP contribution in [-0.4, -0.2) is 29.3 Å². The van der Waals surface area contributed by atoms with Crippen molar-refractivity contribution in [2.24, 2.45) is 0 Å². The van der Waals surface area contributed by atoms with Crippen molar-refractivity contribution in [2.75, 3.05) is 11.5 Å². The van der Waals surface area contributed by atoms with Gasteiger partial charge >= 0.3 is 0 Å². The number of nitrogen functional groups attached to an aromatic ring is 2. The molecule has 0 radical (unpaired) electrons. The van der Waals surface area contributed by atoms with E-state index in [1.165, 1.54) is 34.8 Å². The normalized spacial score (nSPS) is 11.0. The summed E-state index contributed by atoms with van der Waals surface area (Å²) < 4.78 is 5.44. The standard InChI is InChI=1S/2C13H11N3O2S/c2*1-7-12(18)10(17)4-5-16(7)8-2-3-9-11(6-8)19-13(14)15-9/h2*2-6,18H,1H3,(H2,14,15). The van der Waals surface area contributed by atoms with E-state index in [-0.39, 0.29) is 22.4 Å². The molecule has 4 aromatic heterocycles. The molecule has 0 unspecified atom stereocenters. The predicted octanol–water partition coefficient (Wildman–Crippen LogP) is 4.09. The molecule has 0 amide bonds. The molecule has 4 heterocycles. The van der Waals surface area contributed by atoms with Crippen molar-refractivity contribution in [1.29, 1.82) is 0 Å². The van der Waals surface area contributed by atoms with Gasteiger partial charge in [0, 0.05) is 35.9 Å². The van der Waals surface area contributed by atoms with Crippen LogP contribution in [0, 0.1) is 13.8 Å². The Morgan fingerprint density at radius 3 is 1.47 bits per heavy atom. The zero-order chi connectivity index (χ0) is 27.1. The van der Waals surface area contributed by atoms with Crippen LogP contribution in [-0.2, 0) is 0 Å². The summed E-state index contributed by atoms with van der Waals surface area (Å²) in [6, 6.07) is 14.0. The van der Waals surface area contributed by atoms with Crippen LogP contribution in [0.15, 0.2) is 70.5 Å². The van der Waals surface area contributed by atoms with E-state index in [0.717, 1.165) is 31.8 Å². The molecule has 6 N–H and O–H groups in total. The van der Waals surface area contributed by atoms with Crippen LogP contribution >= 0.6 is 22.7 Å². The molecule has 6 aromatic rings. The fourth-order valence-electron chi connectivity index (χ4n) is 3.97. The average molecular weight is 547 g/mol. The van der Waals surface area contributed by atoms with E-state index in [2.05, 4.69) is 9.97 Å². The van der Waals surface area contributed by atoms with Crippen LogP contribution in [0.4, 0.5) is 10.3 Å². The molecule has 0 fully saturated rings. The van der Waals surface area contributed by atoms with Crippen molar-refractivity contribution in [1.82, 2.24) is 19.1 Å². The Morgan fingerprint density at radius 1 is 0.684 bits per heavy atom. The van der Waals surface area contributed by atoms with E-state index in [0.29, 0.717) is 21.7 Å². The molecule has 192 valence electrons. The average Bonchev–Trinajstić information content (AvgIpc) is 3.45. The molecular weight excluding hydrogens is 524 g/mol. The summed E-state index contributed by atoms with van der Waals surface area (Å²) >= 11 is 2.81. The van der Waals surface area contributed by atoms with E-state index >= 15 is 0 Å². The first kappa shape index (κ1) is 25.0. The van der Waals surface area contributed by atoms with Gasteiger partial charge in [-0.05, 0) is 50.2 Å². The van der Waals surface area contributed by atoms with Gasteiger partial charge in [-0.25, -0.2) is 9.97 Å². The summed E-state index contributed by atoms with van der Waals surface area (Å²) in [6.07, 6.45) is 3.28. The highest BCUT2D eigenvalue weighted by molar-refractivity contribution is 7.22. The third-order valence-corrected chi connectivity index (χ3v) is 7.65. The highest BCUT2D eigenvalue weighted by Gasteiger charge is 2.10. The van der Waals surface area contributed by atoms with Crippen LogP contribution < -0.4 is 22.3 Å². The zero-order valence-corrected chi connectivity index (χ0v) is 21.9. The van der Waals surface area contributed by atoms with Gasteiger partial charge in [-0.15, -0.1) is 0 Å². The number of pyridine rings is 2. The Hall–Kier alpha value is -4.68. The molecule has 0 bridgehead atoms. The highest BCUT2D eigenvalue weighted by atomic mass is 32.1. The second kappa shape index (κ2) is 9.65. The van der Waals surface area contributed by atoms with Gasteiger partial charge in [0.15, 0.2) is 21.8 Å². The summed E-state index contributed by atoms with van der Waals surface area (Å²) in [7, 11) is 0. The number of hydrogen-bond acceptors (Lipinski definition) is 10. The fraction of sp³-hybridized carbons (Fsp3) is 0.0769. The lowest BCUT2D eigenvalue weighted by Crippen LogP contribution is -2.08. The monoisotopic (exact) mass is 546 g/mol. The minimum absolute atomic E-state index is 0.230. The second-order valence-electron chi connectivity index (χ2n) is 8.38. The number of anilines is 2. The van der Waals surface area contributed by atoms with Crippen LogP contribution in [0.3, 0.4) is 0 Å². The summed E-state index contributed by atoms with van der Waals surface area (Å²) in [5.74, 6) is -0.460. The zero-order valence-electron chi connectivity index (χ0n) is 20.2. The summed E-state index contributed by atoms with van der Waals surface area (Å²) in [4.78, 5) is 31.1. The third kappa shape index (κ3) is 4.58. The van der Waals surface area contributed by atoms with Crippen LogP contribution in [0.1, 0.15) is 11.4 Å². The summed E-state index contributed by atoms with van der Waals surface area (Å²) in [5.41, 5.74) is 15.0. The smallest absolute Gasteiger partial charge is 0.223 e. The number of aromatic nitrogens is 4. The number of nitrogens with two attached hydrogens (primary N) is 2. The molecule has 0 aliphatic carbocycles. The van der Waals surface area contributed by atoms with E-state index in [1.54, 1.807) is 35.4 Å². The number of fused-ring (bicyclic) bond motifs is 2. The van der Waals surface area contributed by atoms with Crippen molar-refractivity contribution >= 4 is 53.4 Å². The minimum Gasteiger partial charge on any atom is -0.503 e. The maximum Gasteiger partial charge on any atom is 0.223 e. The first-order valence-electron chi connectivity index (χ1n) is 11.3. The molecule has 0 spiro atoms. The van der Waals surface area contributed by atoms with Gasteiger partial charge in [-0.2, -0.15) is 0 Å². The number of hydrogen-bond donors (Lipinski definition) is 4.